The second kappa shape index (κ2) is 6.11. The Kier molecular flexibility index (Phi) is 4.49. The Balaban J connectivity index is 2.17. The van der Waals surface area contributed by atoms with Crippen LogP contribution in [0.25, 0.3) is 0 Å². The molecule has 0 aromatic carbocycles. The molecular weight excluding hydrogens is 228 g/mol. The van der Waals surface area contributed by atoms with E-state index in [1.54, 1.807) is 6.07 Å². The van der Waals surface area contributed by atoms with Crippen LogP contribution >= 0.6 is 0 Å². The van der Waals surface area contributed by atoms with Crippen LogP contribution in [0.3, 0.4) is 0 Å². The quantitative estimate of drug-likeness (QED) is 0.825. The van der Waals surface area contributed by atoms with E-state index in [0.717, 1.165) is 50.5 Å². The molecule has 1 saturated heterocycles. The highest BCUT2D eigenvalue weighted by Crippen LogP contribution is 2.16. The molecule has 5 heteroatoms. The summed E-state index contributed by atoms with van der Waals surface area (Å²) in [4.78, 5) is 21.5. The van der Waals surface area contributed by atoms with Crippen molar-refractivity contribution >= 4 is 0 Å². The van der Waals surface area contributed by atoms with Gasteiger partial charge in [-0.15, -0.1) is 0 Å². The summed E-state index contributed by atoms with van der Waals surface area (Å²) < 4.78 is 0. The lowest BCUT2D eigenvalue weighted by Gasteiger charge is -2.32. The average molecular weight is 250 g/mol. The summed E-state index contributed by atoms with van der Waals surface area (Å²) in [6.07, 6.45) is 1.88. The summed E-state index contributed by atoms with van der Waals surface area (Å²) in [5, 5.41) is 3.33. The van der Waals surface area contributed by atoms with Crippen molar-refractivity contribution in [1.29, 1.82) is 0 Å². The van der Waals surface area contributed by atoms with Gasteiger partial charge < -0.3 is 10.3 Å². The van der Waals surface area contributed by atoms with E-state index in [4.69, 9.17) is 0 Å². The van der Waals surface area contributed by atoms with Gasteiger partial charge >= 0.3 is 0 Å². The lowest BCUT2D eigenvalue weighted by atomic mass is 10.2. The van der Waals surface area contributed by atoms with Gasteiger partial charge in [0.25, 0.3) is 5.56 Å². The third kappa shape index (κ3) is 3.17. The molecule has 0 saturated carbocycles. The second-order valence-electron chi connectivity index (χ2n) is 4.83. The normalized spacial score (nSPS) is 18.8. The molecule has 2 heterocycles. The lowest BCUT2D eigenvalue weighted by molar-refractivity contribution is 0.178. The number of aromatic nitrogens is 2. The van der Waals surface area contributed by atoms with E-state index in [0.29, 0.717) is 0 Å². The fourth-order valence-corrected chi connectivity index (χ4v) is 2.35. The van der Waals surface area contributed by atoms with Gasteiger partial charge in [0.2, 0.25) is 0 Å². The molecule has 1 unspecified atom stereocenters. The van der Waals surface area contributed by atoms with E-state index in [-0.39, 0.29) is 11.6 Å². The van der Waals surface area contributed by atoms with Crippen LogP contribution in [0.5, 0.6) is 0 Å². The molecule has 1 aliphatic heterocycles. The van der Waals surface area contributed by atoms with Gasteiger partial charge in [-0.05, 0) is 13.3 Å². The first-order valence-corrected chi connectivity index (χ1v) is 6.75. The summed E-state index contributed by atoms with van der Waals surface area (Å²) in [5.41, 5.74) is 0.865. The minimum Gasteiger partial charge on any atom is -0.314 e. The highest BCUT2D eigenvalue weighted by atomic mass is 16.1. The number of piperazine rings is 1. The molecule has 1 aliphatic rings. The number of H-pyrrole nitrogens is 1. The van der Waals surface area contributed by atoms with Gasteiger partial charge in [0.15, 0.2) is 0 Å². The van der Waals surface area contributed by atoms with Crippen LogP contribution in [-0.2, 0) is 6.42 Å². The summed E-state index contributed by atoms with van der Waals surface area (Å²) in [6, 6.07) is 1.79. The van der Waals surface area contributed by atoms with Gasteiger partial charge in [-0.2, -0.15) is 0 Å². The molecule has 1 atom stereocenters. The van der Waals surface area contributed by atoms with Crippen LogP contribution in [0.2, 0.25) is 0 Å². The smallest absolute Gasteiger partial charge is 0.251 e. The van der Waals surface area contributed by atoms with Gasteiger partial charge in [-0.1, -0.05) is 13.3 Å². The zero-order chi connectivity index (χ0) is 13.0. The predicted molar refractivity (Wildman–Crippen MR) is 71.7 cm³/mol. The largest absolute Gasteiger partial charge is 0.314 e. The number of hydrogen-bond donors (Lipinski definition) is 2. The van der Waals surface area contributed by atoms with Gasteiger partial charge in [0, 0.05) is 37.9 Å². The molecule has 0 amide bonds. The zero-order valence-electron chi connectivity index (χ0n) is 11.2. The highest BCUT2D eigenvalue weighted by Gasteiger charge is 2.20. The zero-order valence-corrected chi connectivity index (χ0v) is 11.2. The maximum Gasteiger partial charge on any atom is 0.251 e. The van der Waals surface area contributed by atoms with Crippen molar-refractivity contribution in [1.82, 2.24) is 20.2 Å². The average Bonchev–Trinajstić information content (AvgIpc) is 2.38. The highest BCUT2D eigenvalue weighted by molar-refractivity contribution is 5.05. The minimum absolute atomic E-state index is 0.0366. The number of nitrogens with one attached hydrogen (secondary N) is 2. The van der Waals surface area contributed by atoms with Crippen molar-refractivity contribution in [2.45, 2.75) is 32.7 Å². The molecule has 5 nitrogen and oxygen atoms in total. The molecular formula is C13H22N4O. The molecule has 1 fully saturated rings. The minimum atomic E-state index is -0.0366. The molecule has 0 radical (unpaired) electrons. The predicted octanol–water partition coefficient (Wildman–Crippen LogP) is 0.689. The SMILES string of the molecule is CCCc1cc(=O)[nH]c(C(C)N2CCNCC2)n1. The summed E-state index contributed by atoms with van der Waals surface area (Å²) >= 11 is 0. The van der Waals surface area contributed by atoms with E-state index in [1.807, 2.05) is 0 Å². The molecule has 1 aromatic heterocycles. The topological polar surface area (TPSA) is 61.0 Å². The van der Waals surface area contributed by atoms with E-state index in [2.05, 4.69) is 34.0 Å². The first-order chi connectivity index (χ1) is 8.70. The fraction of sp³-hybridized carbons (Fsp3) is 0.692. The van der Waals surface area contributed by atoms with E-state index in [9.17, 15) is 4.79 Å². The summed E-state index contributed by atoms with van der Waals surface area (Å²) in [6.45, 7) is 8.22. The first kappa shape index (κ1) is 13.2. The van der Waals surface area contributed by atoms with E-state index in [1.165, 1.54) is 0 Å². The maximum atomic E-state index is 11.6. The van der Waals surface area contributed by atoms with Gasteiger partial charge in [-0.25, -0.2) is 4.98 Å². The van der Waals surface area contributed by atoms with Crippen LogP contribution in [0.15, 0.2) is 10.9 Å². The van der Waals surface area contributed by atoms with Crippen LogP contribution in [0.1, 0.15) is 37.8 Å². The molecule has 0 spiro atoms. The van der Waals surface area contributed by atoms with Crippen molar-refractivity contribution in [3.63, 3.8) is 0 Å². The standard InChI is InChI=1S/C13H22N4O/c1-3-4-11-9-12(18)16-13(15-11)10(2)17-7-5-14-6-8-17/h9-10,14H,3-8H2,1-2H3,(H,15,16,18). The van der Waals surface area contributed by atoms with Gasteiger partial charge in [0.05, 0.1) is 6.04 Å². The Morgan fingerprint density at radius 2 is 2.17 bits per heavy atom. The Morgan fingerprint density at radius 3 is 2.83 bits per heavy atom. The third-order valence-corrected chi connectivity index (χ3v) is 3.41. The van der Waals surface area contributed by atoms with E-state index < -0.39 is 0 Å². The molecule has 2 N–H and O–H groups in total. The molecule has 100 valence electrons. The number of aromatic amines is 1. The van der Waals surface area contributed by atoms with Gasteiger partial charge in [0.1, 0.15) is 5.82 Å². The molecule has 2 rings (SSSR count). The molecule has 0 aliphatic carbocycles. The second-order valence-corrected chi connectivity index (χ2v) is 4.83. The Hall–Kier alpha value is -1.20. The van der Waals surface area contributed by atoms with Crippen molar-refractivity contribution in [3.05, 3.63) is 27.9 Å². The number of rotatable bonds is 4. The molecule has 18 heavy (non-hydrogen) atoms. The summed E-state index contributed by atoms with van der Waals surface area (Å²) in [7, 11) is 0. The Labute approximate surface area is 108 Å². The fourth-order valence-electron chi connectivity index (χ4n) is 2.35. The monoisotopic (exact) mass is 250 g/mol. The van der Waals surface area contributed by atoms with Crippen LogP contribution < -0.4 is 10.9 Å². The molecule has 0 bridgehead atoms. The number of nitrogens with zero attached hydrogens (tertiary/aromatic N) is 2. The van der Waals surface area contributed by atoms with Crippen molar-refractivity contribution in [3.8, 4) is 0 Å². The third-order valence-electron chi connectivity index (χ3n) is 3.41. The summed E-state index contributed by atoms with van der Waals surface area (Å²) in [5.74, 6) is 0.799. The number of aryl methyl sites for hydroxylation is 1. The first-order valence-electron chi connectivity index (χ1n) is 6.75. The van der Waals surface area contributed by atoms with Gasteiger partial charge in [-0.3, -0.25) is 9.69 Å². The Bertz CT molecular complexity index is 437. The maximum absolute atomic E-state index is 11.6. The van der Waals surface area contributed by atoms with E-state index >= 15 is 0 Å². The lowest BCUT2D eigenvalue weighted by Crippen LogP contribution is -2.45. The van der Waals surface area contributed by atoms with Crippen molar-refractivity contribution < 1.29 is 0 Å². The van der Waals surface area contributed by atoms with Crippen LogP contribution in [-0.4, -0.2) is 41.0 Å². The van der Waals surface area contributed by atoms with Crippen LogP contribution in [0, 0.1) is 0 Å². The van der Waals surface area contributed by atoms with Crippen LogP contribution in [0.4, 0.5) is 0 Å². The van der Waals surface area contributed by atoms with Crippen molar-refractivity contribution in [2.24, 2.45) is 0 Å². The Morgan fingerprint density at radius 1 is 1.44 bits per heavy atom. The number of hydrogen-bond acceptors (Lipinski definition) is 4. The molecule has 1 aromatic rings. The van der Waals surface area contributed by atoms with Crippen molar-refractivity contribution in [2.75, 3.05) is 26.2 Å².